The second-order valence-electron chi connectivity index (χ2n) is 4.12. The molecule has 0 radical (unpaired) electrons. The zero-order chi connectivity index (χ0) is 12.1. The first-order valence-electron chi connectivity index (χ1n) is 6.02. The molecule has 0 atom stereocenters. The average Bonchev–Trinajstić information content (AvgIpc) is 2.74. The third-order valence-corrected chi connectivity index (χ3v) is 3.49. The number of para-hydroxylation sites is 1. The Balaban J connectivity index is 2.03. The molecule has 17 heavy (non-hydrogen) atoms. The Labute approximate surface area is 107 Å². The molecule has 2 nitrogen and oxygen atoms in total. The largest absolute Gasteiger partial charge is 0.379 e. The molecular formula is C14H18N2S. The third kappa shape index (κ3) is 3.30. The van der Waals surface area contributed by atoms with E-state index in [1.807, 2.05) is 6.92 Å². The molecule has 1 N–H and O–H groups in total. The molecule has 0 bridgehead atoms. The molecule has 1 aromatic heterocycles. The van der Waals surface area contributed by atoms with Crippen molar-refractivity contribution in [3.8, 4) is 0 Å². The first kappa shape index (κ1) is 12.1. The van der Waals surface area contributed by atoms with Crippen LogP contribution in [-0.4, -0.2) is 4.98 Å². The fourth-order valence-corrected chi connectivity index (χ4v) is 2.47. The van der Waals surface area contributed by atoms with Crippen molar-refractivity contribution in [1.82, 2.24) is 4.98 Å². The number of anilines is 1. The highest BCUT2D eigenvalue weighted by Crippen LogP contribution is 2.18. The van der Waals surface area contributed by atoms with Crippen LogP contribution < -0.4 is 5.32 Å². The number of aromatic nitrogens is 1. The molecule has 0 saturated heterocycles. The van der Waals surface area contributed by atoms with Crippen molar-refractivity contribution in [2.75, 3.05) is 5.32 Å². The van der Waals surface area contributed by atoms with Gasteiger partial charge in [-0.3, -0.25) is 0 Å². The molecule has 1 heterocycles. The molecule has 90 valence electrons. The van der Waals surface area contributed by atoms with Crippen LogP contribution in [0.25, 0.3) is 0 Å². The van der Waals surface area contributed by atoms with E-state index in [0.717, 1.165) is 23.7 Å². The predicted molar refractivity (Wildman–Crippen MR) is 74.6 cm³/mol. The summed E-state index contributed by atoms with van der Waals surface area (Å²) in [5.74, 6) is 0. The van der Waals surface area contributed by atoms with Crippen molar-refractivity contribution in [3.05, 3.63) is 45.9 Å². The Kier molecular flexibility index (Phi) is 4.15. The lowest BCUT2D eigenvalue weighted by Crippen LogP contribution is -2.02. The van der Waals surface area contributed by atoms with Gasteiger partial charge in [0, 0.05) is 11.1 Å². The molecule has 3 heteroatoms. The van der Waals surface area contributed by atoms with Crippen LogP contribution >= 0.6 is 11.3 Å². The number of thiazole rings is 1. The SMILES string of the molecule is CCCc1ccccc1NCc1csc(C)n1. The van der Waals surface area contributed by atoms with Gasteiger partial charge in [0.2, 0.25) is 0 Å². The van der Waals surface area contributed by atoms with E-state index in [4.69, 9.17) is 0 Å². The van der Waals surface area contributed by atoms with Crippen molar-refractivity contribution in [3.63, 3.8) is 0 Å². The van der Waals surface area contributed by atoms with Gasteiger partial charge in [-0.05, 0) is 25.0 Å². The van der Waals surface area contributed by atoms with Crippen molar-refractivity contribution in [1.29, 1.82) is 0 Å². The maximum Gasteiger partial charge on any atom is 0.0898 e. The molecule has 0 unspecified atom stereocenters. The Morgan fingerprint density at radius 2 is 2.12 bits per heavy atom. The van der Waals surface area contributed by atoms with Gasteiger partial charge in [-0.15, -0.1) is 11.3 Å². The van der Waals surface area contributed by atoms with Gasteiger partial charge in [-0.1, -0.05) is 31.5 Å². The van der Waals surface area contributed by atoms with Gasteiger partial charge >= 0.3 is 0 Å². The van der Waals surface area contributed by atoms with Gasteiger partial charge in [-0.2, -0.15) is 0 Å². The summed E-state index contributed by atoms with van der Waals surface area (Å²) in [6, 6.07) is 8.51. The summed E-state index contributed by atoms with van der Waals surface area (Å²) in [5.41, 5.74) is 3.75. The molecule has 0 aliphatic heterocycles. The smallest absolute Gasteiger partial charge is 0.0898 e. The lowest BCUT2D eigenvalue weighted by Gasteiger charge is -2.10. The van der Waals surface area contributed by atoms with Gasteiger partial charge in [-0.25, -0.2) is 4.98 Å². The van der Waals surface area contributed by atoms with E-state index >= 15 is 0 Å². The number of rotatable bonds is 5. The van der Waals surface area contributed by atoms with Crippen LogP contribution in [0, 0.1) is 6.92 Å². The van der Waals surface area contributed by atoms with E-state index in [0.29, 0.717) is 0 Å². The molecule has 1 aromatic carbocycles. The van der Waals surface area contributed by atoms with E-state index < -0.39 is 0 Å². The molecule has 0 amide bonds. The number of aryl methyl sites for hydroxylation is 2. The summed E-state index contributed by atoms with van der Waals surface area (Å²) in [5, 5.41) is 6.72. The Hall–Kier alpha value is -1.35. The third-order valence-electron chi connectivity index (χ3n) is 2.66. The fourth-order valence-electron chi connectivity index (χ4n) is 1.86. The van der Waals surface area contributed by atoms with Crippen molar-refractivity contribution < 1.29 is 0 Å². The van der Waals surface area contributed by atoms with Gasteiger partial charge in [0.1, 0.15) is 0 Å². The second-order valence-corrected chi connectivity index (χ2v) is 5.18. The summed E-state index contributed by atoms with van der Waals surface area (Å²) in [7, 11) is 0. The number of benzene rings is 1. The normalized spacial score (nSPS) is 10.5. The molecule has 2 aromatic rings. The number of nitrogens with zero attached hydrogens (tertiary/aromatic N) is 1. The number of hydrogen-bond acceptors (Lipinski definition) is 3. The van der Waals surface area contributed by atoms with E-state index in [1.165, 1.54) is 17.7 Å². The Morgan fingerprint density at radius 1 is 1.29 bits per heavy atom. The number of nitrogens with one attached hydrogen (secondary N) is 1. The molecule has 0 aliphatic rings. The van der Waals surface area contributed by atoms with Gasteiger partial charge in [0.15, 0.2) is 0 Å². The zero-order valence-corrected chi connectivity index (χ0v) is 11.2. The summed E-state index contributed by atoms with van der Waals surface area (Å²) < 4.78 is 0. The lowest BCUT2D eigenvalue weighted by atomic mass is 10.1. The van der Waals surface area contributed by atoms with Crippen LogP contribution in [0.3, 0.4) is 0 Å². The van der Waals surface area contributed by atoms with Crippen LogP contribution in [0.5, 0.6) is 0 Å². The summed E-state index contributed by atoms with van der Waals surface area (Å²) in [6.45, 7) is 5.06. The van der Waals surface area contributed by atoms with Gasteiger partial charge in [0.25, 0.3) is 0 Å². The molecule has 0 fully saturated rings. The molecule has 0 aliphatic carbocycles. The zero-order valence-electron chi connectivity index (χ0n) is 10.4. The van der Waals surface area contributed by atoms with Gasteiger partial charge < -0.3 is 5.32 Å². The molecule has 0 saturated carbocycles. The van der Waals surface area contributed by atoms with Crippen molar-refractivity contribution in [2.45, 2.75) is 33.2 Å². The van der Waals surface area contributed by atoms with Crippen LogP contribution in [-0.2, 0) is 13.0 Å². The topological polar surface area (TPSA) is 24.9 Å². The molecule has 2 rings (SSSR count). The van der Waals surface area contributed by atoms with Crippen molar-refractivity contribution >= 4 is 17.0 Å². The van der Waals surface area contributed by atoms with E-state index in [9.17, 15) is 0 Å². The number of hydrogen-bond donors (Lipinski definition) is 1. The van der Waals surface area contributed by atoms with E-state index in [2.05, 4.69) is 46.9 Å². The van der Waals surface area contributed by atoms with Crippen molar-refractivity contribution in [2.24, 2.45) is 0 Å². The highest BCUT2D eigenvalue weighted by atomic mass is 32.1. The highest BCUT2D eigenvalue weighted by molar-refractivity contribution is 7.09. The highest BCUT2D eigenvalue weighted by Gasteiger charge is 2.02. The van der Waals surface area contributed by atoms with Crippen LogP contribution in [0.15, 0.2) is 29.6 Å². The van der Waals surface area contributed by atoms with E-state index in [-0.39, 0.29) is 0 Å². The molecular weight excluding hydrogens is 228 g/mol. The monoisotopic (exact) mass is 246 g/mol. The minimum absolute atomic E-state index is 0.811. The van der Waals surface area contributed by atoms with Crippen LogP contribution in [0.4, 0.5) is 5.69 Å². The quantitative estimate of drug-likeness (QED) is 0.862. The Morgan fingerprint density at radius 3 is 2.82 bits per heavy atom. The summed E-state index contributed by atoms with van der Waals surface area (Å²) in [4.78, 5) is 4.46. The first-order valence-corrected chi connectivity index (χ1v) is 6.90. The van der Waals surface area contributed by atoms with E-state index in [1.54, 1.807) is 11.3 Å². The maximum absolute atomic E-state index is 4.46. The average molecular weight is 246 g/mol. The fraction of sp³-hybridized carbons (Fsp3) is 0.357. The second kappa shape index (κ2) is 5.82. The standard InChI is InChI=1S/C14H18N2S/c1-3-6-12-7-4-5-8-14(12)15-9-13-10-17-11(2)16-13/h4-5,7-8,10,15H,3,6,9H2,1-2H3. The summed E-state index contributed by atoms with van der Waals surface area (Å²) >= 11 is 1.70. The van der Waals surface area contributed by atoms with Crippen LogP contribution in [0.2, 0.25) is 0 Å². The maximum atomic E-state index is 4.46. The lowest BCUT2D eigenvalue weighted by molar-refractivity contribution is 0.918. The molecule has 0 spiro atoms. The first-order chi connectivity index (χ1) is 8.29. The minimum Gasteiger partial charge on any atom is -0.379 e. The van der Waals surface area contributed by atoms with Gasteiger partial charge in [0.05, 0.1) is 17.2 Å². The van der Waals surface area contributed by atoms with Crippen LogP contribution in [0.1, 0.15) is 29.6 Å². The predicted octanol–water partition coefficient (Wildman–Crippen LogP) is 4.02. The summed E-state index contributed by atoms with van der Waals surface area (Å²) in [6.07, 6.45) is 2.30. The Bertz CT molecular complexity index is 477. The minimum atomic E-state index is 0.811.